The predicted molar refractivity (Wildman–Crippen MR) is 55.7 cm³/mol. The quantitative estimate of drug-likeness (QED) is 0.601. The molecular weight excluding hydrogens is 198 g/mol. The topological polar surface area (TPSA) is 39.4 Å². The molecule has 0 spiro atoms. The zero-order chi connectivity index (χ0) is 10.1. The molecule has 2 aromatic rings. The third-order valence-corrected chi connectivity index (χ3v) is 2.19. The first-order chi connectivity index (χ1) is 6.70. The maximum atomic E-state index is 5.01. The predicted octanol–water partition coefficient (Wildman–Crippen LogP) is 1.47. The molecule has 2 rings (SSSR count). The van der Waals surface area contributed by atoms with Crippen LogP contribution in [0.2, 0.25) is 0 Å². The molecule has 0 aliphatic carbocycles. The van der Waals surface area contributed by atoms with Gasteiger partial charge in [-0.05, 0) is 13.0 Å². The fourth-order valence-electron chi connectivity index (χ4n) is 1.35. The molecule has 14 heavy (non-hydrogen) atoms. The Morgan fingerprint density at radius 2 is 2.29 bits per heavy atom. The molecule has 0 saturated heterocycles. The molecule has 4 nitrogen and oxygen atoms in total. The van der Waals surface area contributed by atoms with E-state index in [2.05, 4.69) is 22.7 Å². The van der Waals surface area contributed by atoms with Gasteiger partial charge in [0.05, 0.1) is 23.0 Å². The average Bonchev–Trinajstić information content (AvgIpc) is 2.47. The first-order valence-corrected chi connectivity index (χ1v) is 4.69. The molecule has 0 aliphatic heterocycles. The van der Waals surface area contributed by atoms with Crippen molar-refractivity contribution in [2.24, 2.45) is 0 Å². The molecule has 0 unspecified atom stereocenters. The number of nitrogens with zero attached hydrogens (tertiary/aromatic N) is 3. The maximum Gasteiger partial charge on any atom is 0.156 e. The maximum absolute atomic E-state index is 5.01. The lowest BCUT2D eigenvalue weighted by molar-refractivity contribution is 0.181. The Balaban J connectivity index is 2.59. The van der Waals surface area contributed by atoms with E-state index < -0.39 is 0 Å². The Bertz CT molecular complexity index is 466. The fraction of sp³-hybridized carbons (Fsp3) is 0.333. The molecule has 2 heterocycles. The number of aryl methyl sites for hydroxylation is 1. The van der Waals surface area contributed by atoms with E-state index in [1.807, 2.05) is 19.1 Å². The summed E-state index contributed by atoms with van der Waals surface area (Å²) in [6, 6.07) is 3.77. The Hall–Kier alpha value is -1.07. The summed E-state index contributed by atoms with van der Waals surface area (Å²) in [6.07, 6.45) is 0. The number of fused-ring (bicyclic) bond motifs is 1. The van der Waals surface area contributed by atoms with Crippen LogP contribution in [-0.4, -0.2) is 21.7 Å². The van der Waals surface area contributed by atoms with Gasteiger partial charge in [0.1, 0.15) is 0 Å². The second kappa shape index (κ2) is 3.59. The summed E-state index contributed by atoms with van der Waals surface area (Å²) < 4.78 is 6.72. The third kappa shape index (κ3) is 1.60. The van der Waals surface area contributed by atoms with Crippen LogP contribution in [0.3, 0.4) is 0 Å². The summed E-state index contributed by atoms with van der Waals surface area (Å²) in [5, 5.41) is 5.02. The van der Waals surface area contributed by atoms with E-state index >= 15 is 0 Å². The second-order valence-corrected chi connectivity index (χ2v) is 3.55. The van der Waals surface area contributed by atoms with Gasteiger partial charge in [0.25, 0.3) is 0 Å². The molecule has 0 atom stereocenters. The minimum Gasteiger partial charge on any atom is -0.378 e. The molecule has 0 N–H and O–H groups in total. The average molecular weight is 209 g/mol. The number of hydrogen-bond acceptors (Lipinski definition) is 4. The zero-order valence-corrected chi connectivity index (χ0v) is 8.95. The summed E-state index contributed by atoms with van der Waals surface area (Å²) in [6.45, 7) is 2.42. The number of aromatic nitrogens is 3. The van der Waals surface area contributed by atoms with Gasteiger partial charge in [-0.1, -0.05) is 0 Å². The van der Waals surface area contributed by atoms with Crippen LogP contribution in [0.4, 0.5) is 0 Å². The van der Waals surface area contributed by atoms with E-state index in [1.165, 1.54) is 0 Å². The molecule has 0 saturated carbocycles. The number of hydrogen-bond donors (Lipinski definition) is 1. The molecular formula is C9H11N3OS. The van der Waals surface area contributed by atoms with Gasteiger partial charge in [0.2, 0.25) is 0 Å². The number of methoxy groups -OCH3 is 1. The van der Waals surface area contributed by atoms with E-state index in [0.29, 0.717) is 6.61 Å². The summed E-state index contributed by atoms with van der Waals surface area (Å²) in [5.41, 5.74) is 2.61. The van der Waals surface area contributed by atoms with Gasteiger partial charge in [-0.2, -0.15) is 5.10 Å². The van der Waals surface area contributed by atoms with E-state index in [-0.39, 0.29) is 0 Å². The molecule has 5 heteroatoms. The highest BCUT2D eigenvalue weighted by Gasteiger charge is 2.04. The van der Waals surface area contributed by atoms with Crippen molar-refractivity contribution in [3.8, 4) is 0 Å². The van der Waals surface area contributed by atoms with Crippen LogP contribution in [0, 0.1) is 6.92 Å². The van der Waals surface area contributed by atoms with Crippen LogP contribution >= 0.6 is 12.6 Å². The molecule has 0 radical (unpaired) electrons. The van der Waals surface area contributed by atoms with Crippen LogP contribution in [0.15, 0.2) is 17.2 Å². The van der Waals surface area contributed by atoms with Crippen LogP contribution in [0.1, 0.15) is 11.4 Å². The smallest absolute Gasteiger partial charge is 0.156 e. The van der Waals surface area contributed by atoms with E-state index in [9.17, 15) is 0 Å². The standard InChI is InChI=1S/C9H11N3OS/c1-6-3-8-10-7(5-13-2)4-9(14)12(8)11-6/h3-4,14H,5H2,1-2H3. The fourth-order valence-corrected chi connectivity index (χ4v) is 1.64. The summed E-state index contributed by atoms with van der Waals surface area (Å²) in [7, 11) is 1.64. The van der Waals surface area contributed by atoms with Crippen molar-refractivity contribution in [2.75, 3.05) is 7.11 Å². The number of ether oxygens (including phenoxy) is 1. The largest absolute Gasteiger partial charge is 0.378 e. The Labute approximate surface area is 87.3 Å². The van der Waals surface area contributed by atoms with Gasteiger partial charge in [-0.25, -0.2) is 9.50 Å². The van der Waals surface area contributed by atoms with E-state index in [4.69, 9.17) is 4.74 Å². The second-order valence-electron chi connectivity index (χ2n) is 3.09. The summed E-state index contributed by atoms with van der Waals surface area (Å²) in [4.78, 5) is 4.37. The van der Waals surface area contributed by atoms with Crippen molar-refractivity contribution in [3.05, 3.63) is 23.5 Å². The molecule has 0 bridgehead atoms. The lowest BCUT2D eigenvalue weighted by Gasteiger charge is -2.02. The van der Waals surface area contributed by atoms with Crippen molar-refractivity contribution in [1.82, 2.24) is 14.6 Å². The first-order valence-electron chi connectivity index (χ1n) is 4.25. The number of thiol groups is 1. The van der Waals surface area contributed by atoms with Gasteiger partial charge in [-0.15, -0.1) is 12.6 Å². The highest BCUT2D eigenvalue weighted by Crippen LogP contribution is 2.12. The van der Waals surface area contributed by atoms with Crippen LogP contribution < -0.4 is 0 Å². The normalized spacial score (nSPS) is 11.1. The van der Waals surface area contributed by atoms with E-state index in [0.717, 1.165) is 22.1 Å². The lowest BCUT2D eigenvalue weighted by Crippen LogP contribution is -1.98. The van der Waals surface area contributed by atoms with Crippen molar-refractivity contribution >= 4 is 18.3 Å². The number of rotatable bonds is 2. The van der Waals surface area contributed by atoms with Crippen LogP contribution in [0.5, 0.6) is 0 Å². The van der Waals surface area contributed by atoms with Crippen molar-refractivity contribution in [2.45, 2.75) is 18.6 Å². The molecule has 2 aromatic heterocycles. The highest BCUT2D eigenvalue weighted by molar-refractivity contribution is 7.80. The minimum absolute atomic E-state index is 0.494. The van der Waals surface area contributed by atoms with Crippen LogP contribution in [-0.2, 0) is 11.3 Å². The minimum atomic E-state index is 0.494. The zero-order valence-electron chi connectivity index (χ0n) is 8.06. The van der Waals surface area contributed by atoms with Gasteiger partial charge >= 0.3 is 0 Å². The van der Waals surface area contributed by atoms with Crippen molar-refractivity contribution < 1.29 is 4.74 Å². The van der Waals surface area contributed by atoms with Crippen molar-refractivity contribution in [1.29, 1.82) is 0 Å². The van der Waals surface area contributed by atoms with Gasteiger partial charge in [0.15, 0.2) is 5.65 Å². The molecule has 0 fully saturated rings. The Kier molecular flexibility index (Phi) is 2.43. The van der Waals surface area contributed by atoms with Gasteiger partial charge < -0.3 is 4.74 Å². The van der Waals surface area contributed by atoms with E-state index in [1.54, 1.807) is 11.6 Å². The highest BCUT2D eigenvalue weighted by atomic mass is 32.1. The molecule has 0 aliphatic rings. The monoisotopic (exact) mass is 209 g/mol. The Morgan fingerprint density at radius 3 is 3.00 bits per heavy atom. The lowest BCUT2D eigenvalue weighted by atomic mass is 10.4. The third-order valence-electron chi connectivity index (χ3n) is 1.88. The van der Waals surface area contributed by atoms with Gasteiger partial charge in [-0.3, -0.25) is 0 Å². The SMILES string of the molecule is COCc1cc(S)n2nc(C)cc2n1. The van der Waals surface area contributed by atoms with Crippen molar-refractivity contribution in [3.63, 3.8) is 0 Å². The molecule has 0 amide bonds. The van der Waals surface area contributed by atoms with Crippen LogP contribution in [0.25, 0.3) is 5.65 Å². The first kappa shape index (κ1) is 9.48. The molecule has 0 aromatic carbocycles. The Morgan fingerprint density at radius 1 is 1.50 bits per heavy atom. The molecule has 74 valence electrons. The van der Waals surface area contributed by atoms with Gasteiger partial charge in [0, 0.05) is 13.2 Å². The summed E-state index contributed by atoms with van der Waals surface area (Å²) >= 11 is 4.33. The summed E-state index contributed by atoms with van der Waals surface area (Å²) in [5.74, 6) is 0.